The second kappa shape index (κ2) is 9.51. The van der Waals surface area contributed by atoms with Crippen LogP contribution in [0, 0.1) is 6.92 Å². The smallest absolute Gasteiger partial charge is 0.296 e. The number of carbonyl (C=O) groups excluding carboxylic acids is 3. The number of aromatic nitrogens is 1. The molecule has 2 aromatic carbocycles. The molecule has 0 aliphatic carbocycles. The lowest BCUT2D eigenvalue weighted by atomic mass is 9.95. The van der Waals surface area contributed by atoms with Gasteiger partial charge in [0.1, 0.15) is 17.9 Å². The Morgan fingerprint density at radius 3 is 2.59 bits per heavy atom. The van der Waals surface area contributed by atoms with Gasteiger partial charge in [-0.2, -0.15) is 0 Å². The molecule has 4 aromatic rings. The number of nitrogens with zero attached hydrogens (tertiary/aromatic N) is 2. The summed E-state index contributed by atoms with van der Waals surface area (Å²) < 4.78 is 11.3. The normalized spacial score (nSPS) is 15.5. The number of anilines is 1. The Morgan fingerprint density at radius 1 is 1.22 bits per heavy atom. The number of benzene rings is 2. The summed E-state index contributed by atoms with van der Waals surface area (Å²) in [5, 5.41) is 11.9. The average Bonchev–Trinajstić information content (AvgIpc) is 3.57. The zero-order valence-electron chi connectivity index (χ0n) is 20.1. The van der Waals surface area contributed by atoms with Gasteiger partial charge in [0.15, 0.2) is 22.4 Å². The summed E-state index contributed by atoms with van der Waals surface area (Å²) >= 11 is 1.03. The molecule has 2 aromatic heterocycles. The van der Waals surface area contributed by atoms with Gasteiger partial charge in [0.25, 0.3) is 5.91 Å². The first kappa shape index (κ1) is 24.2. The van der Waals surface area contributed by atoms with Gasteiger partial charge in [0.2, 0.25) is 5.78 Å². The number of para-hydroxylation sites is 1. The summed E-state index contributed by atoms with van der Waals surface area (Å²) in [5.41, 5.74) is 1.37. The van der Waals surface area contributed by atoms with Crippen LogP contribution < -0.4 is 9.64 Å². The standard InChI is InChI=1S/C28H22N2O6S/c1-4-13-35-19-11-9-17(10-12-19)23-22(24(32)21-14-18-7-5-6-8-20(18)36-21)25(33)27(34)30(23)28-29-15(2)26(37-28)16(3)31/h4-12,14,23,33H,1,13H2,2-3H3. The molecular weight excluding hydrogens is 492 g/mol. The number of aliphatic hydroxyl groups excluding tert-OH is 1. The van der Waals surface area contributed by atoms with Crippen LogP contribution in [0.1, 0.15) is 44.4 Å². The molecule has 0 radical (unpaired) electrons. The SMILES string of the molecule is C=CCOc1ccc(C2C(C(=O)c3cc4ccccc4o3)=C(O)C(=O)N2c2nc(C)c(C(C)=O)s2)cc1. The summed E-state index contributed by atoms with van der Waals surface area (Å²) in [6, 6.07) is 14.5. The monoisotopic (exact) mass is 514 g/mol. The van der Waals surface area contributed by atoms with Gasteiger partial charge in [-0.05, 0) is 36.8 Å². The third-order valence-electron chi connectivity index (χ3n) is 5.98. The van der Waals surface area contributed by atoms with Crippen molar-refractivity contribution in [3.63, 3.8) is 0 Å². The van der Waals surface area contributed by atoms with E-state index < -0.39 is 23.5 Å². The molecule has 1 atom stereocenters. The van der Waals surface area contributed by atoms with Crippen molar-refractivity contribution in [2.45, 2.75) is 19.9 Å². The van der Waals surface area contributed by atoms with Gasteiger partial charge in [-0.25, -0.2) is 4.98 Å². The number of ketones is 2. The highest BCUT2D eigenvalue weighted by Gasteiger charge is 2.46. The minimum Gasteiger partial charge on any atom is -0.503 e. The number of carbonyl (C=O) groups is 3. The molecular formula is C28H22N2O6S. The van der Waals surface area contributed by atoms with Gasteiger partial charge in [-0.1, -0.05) is 54.3 Å². The van der Waals surface area contributed by atoms with Crippen LogP contribution in [0.25, 0.3) is 11.0 Å². The van der Waals surface area contributed by atoms with Crippen LogP contribution in [-0.4, -0.2) is 34.2 Å². The summed E-state index contributed by atoms with van der Waals surface area (Å²) in [5.74, 6) is -1.74. The Kier molecular flexibility index (Phi) is 6.22. The van der Waals surface area contributed by atoms with Crippen molar-refractivity contribution in [1.82, 2.24) is 4.98 Å². The molecule has 1 N–H and O–H groups in total. The maximum Gasteiger partial charge on any atom is 0.296 e. The van der Waals surface area contributed by atoms with Crippen molar-refractivity contribution in [1.29, 1.82) is 0 Å². The van der Waals surface area contributed by atoms with E-state index in [1.165, 1.54) is 11.8 Å². The number of furan rings is 1. The fourth-order valence-corrected chi connectivity index (χ4v) is 5.28. The van der Waals surface area contributed by atoms with Crippen molar-refractivity contribution < 1.29 is 28.6 Å². The quantitative estimate of drug-likeness (QED) is 0.236. The minimum absolute atomic E-state index is 0.00641. The lowest BCUT2D eigenvalue weighted by Gasteiger charge is -2.24. The van der Waals surface area contributed by atoms with Gasteiger partial charge >= 0.3 is 0 Å². The van der Waals surface area contributed by atoms with E-state index in [0.717, 1.165) is 11.3 Å². The van der Waals surface area contributed by atoms with E-state index in [2.05, 4.69) is 11.6 Å². The average molecular weight is 515 g/mol. The molecule has 0 fully saturated rings. The third kappa shape index (κ3) is 4.23. The number of ether oxygens (including phenoxy) is 1. The third-order valence-corrected chi connectivity index (χ3v) is 7.23. The molecule has 37 heavy (non-hydrogen) atoms. The number of fused-ring (bicyclic) bond motifs is 1. The Bertz CT molecular complexity index is 1560. The molecule has 1 unspecified atom stereocenters. The van der Waals surface area contributed by atoms with Crippen molar-refractivity contribution in [2.75, 3.05) is 11.5 Å². The zero-order valence-corrected chi connectivity index (χ0v) is 20.9. The Hall–Kier alpha value is -4.50. The minimum atomic E-state index is -1.01. The van der Waals surface area contributed by atoms with Gasteiger partial charge in [0.05, 0.1) is 22.2 Å². The summed E-state index contributed by atoms with van der Waals surface area (Å²) in [6.07, 6.45) is 1.62. The van der Waals surface area contributed by atoms with Crippen LogP contribution >= 0.6 is 11.3 Å². The van der Waals surface area contributed by atoms with Gasteiger partial charge in [0, 0.05) is 12.3 Å². The van der Waals surface area contributed by atoms with Crippen LogP contribution in [-0.2, 0) is 4.79 Å². The second-order valence-electron chi connectivity index (χ2n) is 8.45. The highest BCUT2D eigenvalue weighted by atomic mass is 32.1. The highest BCUT2D eigenvalue weighted by molar-refractivity contribution is 7.17. The Balaban J connectivity index is 1.63. The van der Waals surface area contributed by atoms with Gasteiger partial charge < -0.3 is 14.3 Å². The molecule has 3 heterocycles. The van der Waals surface area contributed by atoms with E-state index in [-0.39, 0.29) is 22.2 Å². The van der Waals surface area contributed by atoms with Crippen LogP contribution in [0.4, 0.5) is 5.13 Å². The Labute approximate surface area is 216 Å². The first-order valence-corrected chi connectivity index (χ1v) is 12.2. The molecule has 1 aliphatic heterocycles. The first-order valence-electron chi connectivity index (χ1n) is 11.4. The van der Waals surface area contributed by atoms with Crippen molar-refractivity contribution >= 4 is 44.9 Å². The molecule has 9 heteroatoms. The maximum absolute atomic E-state index is 13.7. The lowest BCUT2D eigenvalue weighted by molar-refractivity contribution is -0.117. The summed E-state index contributed by atoms with van der Waals surface area (Å²) in [7, 11) is 0. The highest BCUT2D eigenvalue weighted by Crippen LogP contribution is 2.44. The molecule has 0 spiro atoms. The number of hydrogen-bond acceptors (Lipinski definition) is 8. The van der Waals surface area contributed by atoms with E-state index in [9.17, 15) is 19.5 Å². The number of amides is 1. The van der Waals surface area contributed by atoms with E-state index in [0.29, 0.717) is 39.5 Å². The number of thiazole rings is 1. The molecule has 1 aliphatic rings. The molecule has 0 saturated heterocycles. The molecule has 8 nitrogen and oxygen atoms in total. The van der Waals surface area contributed by atoms with E-state index in [1.807, 2.05) is 6.07 Å². The number of Topliss-reactive ketones (excluding diaryl/α,β-unsaturated/α-hetero) is 2. The van der Waals surface area contributed by atoms with E-state index in [1.54, 1.807) is 61.5 Å². The number of aliphatic hydroxyl groups is 1. The van der Waals surface area contributed by atoms with E-state index >= 15 is 0 Å². The molecule has 1 amide bonds. The van der Waals surface area contributed by atoms with Crippen LogP contribution in [0.15, 0.2) is 83.0 Å². The fraction of sp³-hybridized carbons (Fsp3) is 0.143. The molecule has 186 valence electrons. The largest absolute Gasteiger partial charge is 0.503 e. The van der Waals surface area contributed by atoms with Crippen molar-refractivity contribution in [3.05, 3.63) is 100 Å². The van der Waals surface area contributed by atoms with Gasteiger partial charge in [-0.3, -0.25) is 19.3 Å². The molecule has 0 bridgehead atoms. The van der Waals surface area contributed by atoms with Crippen LogP contribution in [0.3, 0.4) is 0 Å². The fourth-order valence-electron chi connectivity index (χ4n) is 4.29. The predicted octanol–water partition coefficient (Wildman–Crippen LogP) is 5.75. The number of rotatable bonds is 8. The topological polar surface area (TPSA) is 110 Å². The first-order chi connectivity index (χ1) is 17.8. The van der Waals surface area contributed by atoms with E-state index in [4.69, 9.17) is 9.15 Å². The zero-order chi connectivity index (χ0) is 26.3. The second-order valence-corrected chi connectivity index (χ2v) is 9.43. The lowest BCUT2D eigenvalue weighted by Crippen LogP contribution is -2.31. The molecule has 0 saturated carbocycles. The number of hydrogen-bond donors (Lipinski definition) is 1. The summed E-state index contributed by atoms with van der Waals surface area (Å²) in [6.45, 7) is 7.04. The van der Waals surface area contributed by atoms with Crippen LogP contribution in [0.2, 0.25) is 0 Å². The maximum atomic E-state index is 13.7. The van der Waals surface area contributed by atoms with Crippen molar-refractivity contribution in [3.8, 4) is 5.75 Å². The molecule has 5 rings (SSSR count). The van der Waals surface area contributed by atoms with Crippen LogP contribution in [0.5, 0.6) is 5.75 Å². The van der Waals surface area contributed by atoms with Gasteiger partial charge in [-0.15, -0.1) is 0 Å². The number of aryl methyl sites for hydroxylation is 1. The van der Waals surface area contributed by atoms with Crippen molar-refractivity contribution in [2.24, 2.45) is 0 Å². The predicted molar refractivity (Wildman–Crippen MR) is 139 cm³/mol. The Morgan fingerprint density at radius 2 is 1.95 bits per heavy atom. The summed E-state index contributed by atoms with van der Waals surface area (Å²) in [4.78, 5) is 45.3.